The molecule has 0 unspecified atom stereocenters. The number of likely N-dealkylation sites (N-methyl/N-ethyl adjacent to an activating group) is 1. The van der Waals surface area contributed by atoms with Crippen molar-refractivity contribution >= 4 is 28.3 Å². The van der Waals surface area contributed by atoms with Gasteiger partial charge in [-0.25, -0.2) is 0 Å². The van der Waals surface area contributed by atoms with Crippen LogP contribution in [0.15, 0.2) is 72.8 Å². The molecule has 28 heavy (non-hydrogen) atoms. The summed E-state index contributed by atoms with van der Waals surface area (Å²) in [4.78, 5) is 26.4. The lowest BCUT2D eigenvalue weighted by molar-refractivity contribution is -0.123. The summed E-state index contributed by atoms with van der Waals surface area (Å²) in [7, 11) is 1.76. The number of hydrogen-bond donors (Lipinski definition) is 2. The van der Waals surface area contributed by atoms with Crippen LogP contribution in [0.25, 0.3) is 10.8 Å². The Kier molecular flexibility index (Phi) is 6.40. The summed E-state index contributed by atoms with van der Waals surface area (Å²) in [6.45, 7) is 2.23. The quantitative estimate of drug-likeness (QED) is 0.663. The van der Waals surface area contributed by atoms with E-state index in [1.165, 1.54) is 0 Å². The van der Waals surface area contributed by atoms with Crippen LogP contribution in [-0.2, 0) is 9.59 Å². The maximum Gasteiger partial charge on any atom is 0.238 e. The van der Waals surface area contributed by atoms with Gasteiger partial charge in [0.25, 0.3) is 0 Å². The number of benzene rings is 3. The first-order valence-electron chi connectivity index (χ1n) is 9.33. The van der Waals surface area contributed by atoms with Gasteiger partial charge in [0.2, 0.25) is 11.8 Å². The van der Waals surface area contributed by atoms with Gasteiger partial charge in [0.15, 0.2) is 0 Å². The summed E-state index contributed by atoms with van der Waals surface area (Å²) in [6.07, 6.45) is 0. The fourth-order valence-electron chi connectivity index (χ4n) is 3.18. The van der Waals surface area contributed by atoms with Gasteiger partial charge in [0, 0.05) is 11.1 Å². The highest BCUT2D eigenvalue weighted by Crippen LogP contribution is 2.22. The van der Waals surface area contributed by atoms with Crippen molar-refractivity contribution in [3.8, 4) is 0 Å². The van der Waals surface area contributed by atoms with Crippen LogP contribution in [-0.4, -0.2) is 36.9 Å². The summed E-state index contributed by atoms with van der Waals surface area (Å²) in [6, 6.07) is 23.4. The summed E-state index contributed by atoms with van der Waals surface area (Å²) in [5.74, 6) is -0.264. The second-order valence-electron chi connectivity index (χ2n) is 6.95. The van der Waals surface area contributed by atoms with Crippen LogP contribution < -0.4 is 10.6 Å². The number of nitrogens with zero attached hydrogens (tertiary/aromatic N) is 1. The van der Waals surface area contributed by atoms with Gasteiger partial charge in [-0.15, -0.1) is 0 Å². The minimum atomic E-state index is -0.150. The molecule has 3 rings (SSSR count). The lowest BCUT2D eigenvalue weighted by Crippen LogP contribution is -2.39. The molecule has 0 saturated heterocycles. The molecular formula is C23H25N3O2. The molecule has 0 saturated carbocycles. The Bertz CT molecular complexity index is 951. The molecule has 2 N–H and O–H groups in total. The van der Waals surface area contributed by atoms with Crippen molar-refractivity contribution in [3.63, 3.8) is 0 Å². The molecule has 0 aliphatic heterocycles. The van der Waals surface area contributed by atoms with E-state index in [9.17, 15) is 9.59 Å². The van der Waals surface area contributed by atoms with E-state index in [2.05, 4.69) is 10.6 Å². The number of hydrogen-bond acceptors (Lipinski definition) is 3. The normalized spacial score (nSPS) is 12.0. The smallest absolute Gasteiger partial charge is 0.238 e. The minimum Gasteiger partial charge on any atom is -0.348 e. The maximum absolute atomic E-state index is 12.4. The van der Waals surface area contributed by atoms with Gasteiger partial charge in [0.05, 0.1) is 19.1 Å². The van der Waals surface area contributed by atoms with Gasteiger partial charge in [0.1, 0.15) is 0 Å². The molecule has 0 aliphatic rings. The Morgan fingerprint density at radius 2 is 1.50 bits per heavy atom. The van der Waals surface area contributed by atoms with Crippen LogP contribution in [0.1, 0.15) is 18.5 Å². The van der Waals surface area contributed by atoms with Gasteiger partial charge in [-0.3, -0.25) is 14.5 Å². The molecule has 5 heteroatoms. The topological polar surface area (TPSA) is 61.4 Å². The lowest BCUT2D eigenvalue weighted by atomic mass is 10.1. The third-order valence-corrected chi connectivity index (χ3v) is 4.57. The first kappa shape index (κ1) is 19.6. The van der Waals surface area contributed by atoms with Crippen molar-refractivity contribution in [1.82, 2.24) is 10.2 Å². The highest BCUT2D eigenvalue weighted by atomic mass is 16.2. The number of carbonyl (C=O) groups excluding carboxylic acids is 2. The first-order valence-corrected chi connectivity index (χ1v) is 9.33. The van der Waals surface area contributed by atoms with Gasteiger partial charge in [-0.05, 0) is 31.0 Å². The van der Waals surface area contributed by atoms with Gasteiger partial charge in [-0.1, -0.05) is 66.7 Å². The van der Waals surface area contributed by atoms with Crippen molar-refractivity contribution in [1.29, 1.82) is 0 Å². The van der Waals surface area contributed by atoms with E-state index >= 15 is 0 Å². The van der Waals surface area contributed by atoms with Crippen LogP contribution in [0.3, 0.4) is 0 Å². The van der Waals surface area contributed by atoms with E-state index in [-0.39, 0.29) is 30.9 Å². The average Bonchev–Trinajstić information content (AvgIpc) is 2.68. The molecule has 2 amide bonds. The fraction of sp³-hybridized carbons (Fsp3) is 0.217. The number of anilines is 1. The van der Waals surface area contributed by atoms with Crippen LogP contribution in [0, 0.1) is 0 Å². The van der Waals surface area contributed by atoms with Gasteiger partial charge in [-0.2, -0.15) is 0 Å². The lowest BCUT2D eigenvalue weighted by Gasteiger charge is -2.19. The standard InChI is InChI=1S/C23H25N3O2/c1-17(18-9-4-3-5-10-18)24-22(27)15-26(2)16-23(28)25-21-14-8-12-19-11-6-7-13-20(19)21/h3-14,17H,15-16H2,1-2H3,(H,24,27)(H,25,28)/t17-/m1/s1. The largest absolute Gasteiger partial charge is 0.348 e. The van der Waals surface area contributed by atoms with E-state index in [1.54, 1.807) is 11.9 Å². The van der Waals surface area contributed by atoms with Crippen molar-refractivity contribution in [2.24, 2.45) is 0 Å². The Hall–Kier alpha value is -3.18. The summed E-state index contributed by atoms with van der Waals surface area (Å²) in [5, 5.41) is 7.97. The van der Waals surface area contributed by atoms with Crippen LogP contribution in [0.5, 0.6) is 0 Å². The van der Waals surface area contributed by atoms with E-state index < -0.39 is 0 Å². The zero-order valence-electron chi connectivity index (χ0n) is 16.2. The van der Waals surface area contributed by atoms with Crippen LogP contribution in [0.4, 0.5) is 5.69 Å². The monoisotopic (exact) mass is 375 g/mol. The van der Waals surface area contributed by atoms with Gasteiger partial charge < -0.3 is 10.6 Å². The number of amides is 2. The summed E-state index contributed by atoms with van der Waals surface area (Å²) in [5.41, 5.74) is 1.82. The number of nitrogens with one attached hydrogen (secondary N) is 2. The molecule has 0 bridgehead atoms. The van der Waals surface area contributed by atoms with Crippen molar-refractivity contribution in [3.05, 3.63) is 78.4 Å². The highest BCUT2D eigenvalue weighted by molar-refractivity contribution is 6.02. The fourth-order valence-corrected chi connectivity index (χ4v) is 3.18. The Morgan fingerprint density at radius 1 is 0.857 bits per heavy atom. The zero-order valence-corrected chi connectivity index (χ0v) is 16.2. The van der Waals surface area contributed by atoms with E-state index in [1.807, 2.05) is 79.7 Å². The minimum absolute atomic E-state index is 0.0772. The highest BCUT2D eigenvalue weighted by Gasteiger charge is 2.14. The third-order valence-electron chi connectivity index (χ3n) is 4.57. The molecule has 3 aromatic carbocycles. The van der Waals surface area contributed by atoms with Crippen LogP contribution >= 0.6 is 0 Å². The molecular weight excluding hydrogens is 350 g/mol. The van der Waals surface area contributed by atoms with E-state index in [4.69, 9.17) is 0 Å². The predicted octanol–water partition coefficient (Wildman–Crippen LogP) is 3.59. The molecule has 0 spiro atoms. The van der Waals surface area contributed by atoms with Crippen molar-refractivity contribution in [2.45, 2.75) is 13.0 Å². The number of fused-ring (bicyclic) bond motifs is 1. The third kappa shape index (κ3) is 5.18. The number of rotatable bonds is 7. The molecule has 5 nitrogen and oxygen atoms in total. The average molecular weight is 375 g/mol. The summed E-state index contributed by atoms with van der Waals surface area (Å²) < 4.78 is 0. The van der Waals surface area contributed by atoms with E-state index in [0.717, 1.165) is 22.0 Å². The van der Waals surface area contributed by atoms with Gasteiger partial charge >= 0.3 is 0 Å². The molecule has 0 radical (unpaired) electrons. The molecule has 0 aliphatic carbocycles. The van der Waals surface area contributed by atoms with E-state index in [0.29, 0.717) is 0 Å². The Morgan fingerprint density at radius 3 is 2.29 bits per heavy atom. The Labute approximate surface area is 165 Å². The van der Waals surface area contributed by atoms with Crippen molar-refractivity contribution < 1.29 is 9.59 Å². The first-order chi connectivity index (χ1) is 13.5. The predicted molar refractivity (Wildman–Crippen MR) is 113 cm³/mol. The molecule has 1 atom stereocenters. The second kappa shape index (κ2) is 9.15. The van der Waals surface area contributed by atoms with Crippen LogP contribution in [0.2, 0.25) is 0 Å². The molecule has 144 valence electrons. The van der Waals surface area contributed by atoms with Crippen molar-refractivity contribution in [2.75, 3.05) is 25.5 Å². The molecule has 0 aromatic heterocycles. The SMILES string of the molecule is C[C@@H](NC(=O)CN(C)CC(=O)Nc1cccc2ccccc12)c1ccccc1. The second-order valence-corrected chi connectivity index (χ2v) is 6.95. The molecule has 0 heterocycles. The molecule has 3 aromatic rings. The Balaban J connectivity index is 1.52. The molecule has 0 fully saturated rings. The number of carbonyl (C=O) groups is 2. The summed E-state index contributed by atoms with van der Waals surface area (Å²) >= 11 is 0. The maximum atomic E-state index is 12.4. The zero-order chi connectivity index (χ0) is 19.9.